The van der Waals surface area contributed by atoms with E-state index < -0.39 is 0 Å². The molecule has 0 amide bonds. The van der Waals surface area contributed by atoms with Gasteiger partial charge in [-0.3, -0.25) is 4.90 Å². The van der Waals surface area contributed by atoms with Crippen LogP contribution in [0.5, 0.6) is 0 Å². The topological polar surface area (TPSA) is 3.24 Å². The van der Waals surface area contributed by atoms with Crippen molar-refractivity contribution in [2.24, 2.45) is 16.7 Å². The van der Waals surface area contributed by atoms with E-state index in [1.165, 1.54) is 12.8 Å². The highest BCUT2D eigenvalue weighted by Crippen LogP contribution is 2.41. The molecule has 116 valence electrons. The van der Waals surface area contributed by atoms with E-state index in [4.69, 9.17) is 0 Å². The van der Waals surface area contributed by atoms with Crippen LogP contribution < -0.4 is 0 Å². The molecule has 0 N–H and O–H groups in total. The summed E-state index contributed by atoms with van der Waals surface area (Å²) in [5.74, 6) is 0.662. The zero-order chi connectivity index (χ0) is 15.6. The molecule has 0 aliphatic carbocycles. The number of hydrogen-bond donors (Lipinski definition) is 0. The van der Waals surface area contributed by atoms with Crippen LogP contribution in [0.1, 0.15) is 82.1 Å². The van der Waals surface area contributed by atoms with Crippen LogP contribution in [0.25, 0.3) is 0 Å². The molecule has 0 aliphatic rings. The molecule has 0 bridgehead atoms. The van der Waals surface area contributed by atoms with Crippen molar-refractivity contribution in [2.75, 3.05) is 7.05 Å². The second kappa shape index (κ2) is 6.16. The molecule has 1 atom stereocenters. The first-order valence-corrected chi connectivity index (χ1v) is 8.01. The van der Waals surface area contributed by atoms with Gasteiger partial charge in [-0.2, -0.15) is 0 Å². The Kier molecular flexibility index (Phi) is 6.15. The Balaban J connectivity index is 5.03. The summed E-state index contributed by atoms with van der Waals surface area (Å²) >= 11 is 0. The van der Waals surface area contributed by atoms with Crippen molar-refractivity contribution in [2.45, 2.75) is 93.7 Å². The summed E-state index contributed by atoms with van der Waals surface area (Å²) < 4.78 is 0. The van der Waals surface area contributed by atoms with E-state index in [1.54, 1.807) is 0 Å². The molecular weight excluding hydrogens is 230 g/mol. The molecular formula is C18H39N. The molecule has 0 heterocycles. The molecule has 0 radical (unpaired) electrons. The first kappa shape index (κ1) is 19.0. The lowest BCUT2D eigenvalue weighted by molar-refractivity contribution is -0.00373. The van der Waals surface area contributed by atoms with Gasteiger partial charge in [0, 0.05) is 11.6 Å². The van der Waals surface area contributed by atoms with Crippen molar-refractivity contribution in [1.82, 2.24) is 4.90 Å². The highest BCUT2D eigenvalue weighted by molar-refractivity contribution is 4.93. The van der Waals surface area contributed by atoms with E-state index in [0.29, 0.717) is 22.8 Å². The minimum Gasteiger partial charge on any atom is -0.298 e. The lowest BCUT2D eigenvalue weighted by Gasteiger charge is -2.50. The molecule has 1 heteroatoms. The van der Waals surface area contributed by atoms with E-state index in [2.05, 4.69) is 81.2 Å². The van der Waals surface area contributed by atoms with Gasteiger partial charge in [-0.1, -0.05) is 54.9 Å². The predicted molar refractivity (Wildman–Crippen MR) is 88.6 cm³/mol. The molecule has 1 unspecified atom stereocenters. The molecule has 0 aliphatic heterocycles. The van der Waals surface area contributed by atoms with Crippen LogP contribution in [-0.2, 0) is 0 Å². The van der Waals surface area contributed by atoms with Crippen LogP contribution in [0.15, 0.2) is 0 Å². The van der Waals surface area contributed by atoms with Gasteiger partial charge in [0.2, 0.25) is 0 Å². The maximum atomic E-state index is 2.59. The van der Waals surface area contributed by atoms with Crippen LogP contribution in [0.2, 0.25) is 0 Å². The lowest BCUT2D eigenvalue weighted by atomic mass is 9.69. The second-order valence-corrected chi connectivity index (χ2v) is 8.78. The minimum atomic E-state index is 0.243. The summed E-state index contributed by atoms with van der Waals surface area (Å²) in [6, 6.07) is 0.579. The van der Waals surface area contributed by atoms with Crippen LogP contribution in [0.3, 0.4) is 0 Å². The number of nitrogens with zero attached hydrogens (tertiary/aromatic N) is 1. The molecule has 0 saturated carbocycles. The van der Waals surface area contributed by atoms with Gasteiger partial charge in [0.05, 0.1) is 0 Å². The van der Waals surface area contributed by atoms with Crippen molar-refractivity contribution in [1.29, 1.82) is 0 Å². The Morgan fingerprint density at radius 2 is 1.32 bits per heavy atom. The standard InChI is InChI=1S/C18H39N/c1-12-16(5,6)13-17(7,8)15(4)19(11)18(9,10)14(2)3/h14-15H,12-13H2,1-11H3. The number of hydrogen-bond acceptors (Lipinski definition) is 1. The van der Waals surface area contributed by atoms with Crippen molar-refractivity contribution in [3.05, 3.63) is 0 Å². The molecule has 0 fully saturated rings. The summed E-state index contributed by atoms with van der Waals surface area (Å²) in [6.45, 7) is 23.8. The summed E-state index contributed by atoms with van der Waals surface area (Å²) in [5, 5.41) is 0. The Bertz CT molecular complexity index is 273. The predicted octanol–water partition coefficient (Wildman–Crippen LogP) is 5.59. The van der Waals surface area contributed by atoms with E-state index in [-0.39, 0.29) is 5.54 Å². The van der Waals surface area contributed by atoms with E-state index in [9.17, 15) is 0 Å². The van der Waals surface area contributed by atoms with Crippen molar-refractivity contribution in [3.8, 4) is 0 Å². The summed E-state index contributed by atoms with van der Waals surface area (Å²) in [6.07, 6.45) is 2.52. The Labute approximate surface area is 123 Å². The van der Waals surface area contributed by atoms with Crippen molar-refractivity contribution in [3.63, 3.8) is 0 Å². The van der Waals surface area contributed by atoms with Crippen molar-refractivity contribution < 1.29 is 0 Å². The third-order valence-electron chi connectivity index (χ3n) is 5.93. The third kappa shape index (κ3) is 4.77. The highest BCUT2D eigenvalue weighted by Gasteiger charge is 2.39. The second-order valence-electron chi connectivity index (χ2n) is 8.78. The van der Waals surface area contributed by atoms with Gasteiger partial charge in [0.25, 0.3) is 0 Å². The minimum absolute atomic E-state index is 0.243. The molecule has 0 spiro atoms. The van der Waals surface area contributed by atoms with Crippen LogP contribution in [0.4, 0.5) is 0 Å². The normalized spacial score (nSPS) is 16.3. The first-order valence-electron chi connectivity index (χ1n) is 8.01. The molecule has 19 heavy (non-hydrogen) atoms. The smallest absolute Gasteiger partial charge is 0.0176 e. The fourth-order valence-corrected chi connectivity index (χ4v) is 2.94. The quantitative estimate of drug-likeness (QED) is 0.582. The van der Waals surface area contributed by atoms with E-state index >= 15 is 0 Å². The fraction of sp³-hybridized carbons (Fsp3) is 1.00. The fourth-order valence-electron chi connectivity index (χ4n) is 2.94. The first-order chi connectivity index (χ1) is 8.28. The van der Waals surface area contributed by atoms with E-state index in [0.717, 1.165) is 0 Å². The van der Waals surface area contributed by atoms with Crippen LogP contribution in [-0.4, -0.2) is 23.5 Å². The van der Waals surface area contributed by atoms with Gasteiger partial charge >= 0.3 is 0 Å². The summed E-state index contributed by atoms with van der Waals surface area (Å²) in [7, 11) is 2.30. The molecule has 0 aromatic carbocycles. The maximum absolute atomic E-state index is 2.59. The molecule has 1 nitrogen and oxygen atoms in total. The summed E-state index contributed by atoms with van der Waals surface area (Å²) in [5.41, 5.74) is 1.01. The largest absolute Gasteiger partial charge is 0.298 e. The lowest BCUT2D eigenvalue weighted by Crippen LogP contribution is -2.54. The number of rotatable bonds is 7. The molecule has 0 aromatic heterocycles. The SMILES string of the molecule is CCC(C)(C)CC(C)(C)C(C)N(C)C(C)(C)C(C)C. The molecule has 0 rings (SSSR count). The van der Waals surface area contributed by atoms with Gasteiger partial charge in [0.15, 0.2) is 0 Å². The van der Waals surface area contributed by atoms with Crippen LogP contribution in [0, 0.1) is 16.7 Å². The van der Waals surface area contributed by atoms with Gasteiger partial charge in [-0.05, 0) is 51.0 Å². The highest BCUT2D eigenvalue weighted by atomic mass is 15.2. The molecule has 0 aromatic rings. The summed E-state index contributed by atoms with van der Waals surface area (Å²) in [4.78, 5) is 2.59. The zero-order valence-corrected chi connectivity index (χ0v) is 15.5. The Hall–Kier alpha value is -0.0400. The third-order valence-corrected chi connectivity index (χ3v) is 5.93. The monoisotopic (exact) mass is 269 g/mol. The van der Waals surface area contributed by atoms with Gasteiger partial charge in [0.1, 0.15) is 0 Å². The zero-order valence-electron chi connectivity index (χ0n) is 15.5. The van der Waals surface area contributed by atoms with E-state index in [1.807, 2.05) is 0 Å². The van der Waals surface area contributed by atoms with Gasteiger partial charge < -0.3 is 0 Å². The average Bonchev–Trinajstić information content (AvgIpc) is 2.25. The average molecular weight is 270 g/mol. The maximum Gasteiger partial charge on any atom is 0.0176 e. The van der Waals surface area contributed by atoms with Crippen molar-refractivity contribution >= 4 is 0 Å². The van der Waals surface area contributed by atoms with Crippen LogP contribution >= 0.6 is 0 Å². The Morgan fingerprint density at radius 3 is 1.63 bits per heavy atom. The molecule has 0 saturated heterocycles. The van der Waals surface area contributed by atoms with Gasteiger partial charge in [-0.25, -0.2) is 0 Å². The Morgan fingerprint density at radius 1 is 0.895 bits per heavy atom. The van der Waals surface area contributed by atoms with Gasteiger partial charge in [-0.15, -0.1) is 0 Å².